The highest BCUT2D eigenvalue weighted by Gasteiger charge is 2.13. The van der Waals surface area contributed by atoms with E-state index in [1.54, 1.807) is 12.4 Å². The van der Waals surface area contributed by atoms with E-state index in [0.29, 0.717) is 6.54 Å². The highest BCUT2D eigenvalue weighted by molar-refractivity contribution is 5.57. The fraction of sp³-hybridized carbons (Fsp3) is 0.263. The lowest BCUT2D eigenvalue weighted by Crippen LogP contribution is -2.17. The third-order valence-corrected chi connectivity index (χ3v) is 4.25. The van der Waals surface area contributed by atoms with Gasteiger partial charge in [0.2, 0.25) is 0 Å². The minimum Gasteiger partial charge on any atom is -0.359 e. The van der Waals surface area contributed by atoms with Crippen LogP contribution in [0.3, 0.4) is 0 Å². The summed E-state index contributed by atoms with van der Waals surface area (Å²) in [5, 5.41) is 8.60. The number of aryl methyl sites for hydroxylation is 2. The lowest BCUT2D eigenvalue weighted by molar-refractivity contribution is 0.267. The molecule has 4 aromatic rings. The maximum Gasteiger partial charge on any atom is 0.159 e. The summed E-state index contributed by atoms with van der Waals surface area (Å²) in [6, 6.07) is 7.83. The van der Waals surface area contributed by atoms with E-state index >= 15 is 0 Å². The van der Waals surface area contributed by atoms with Gasteiger partial charge < -0.3 is 4.52 Å². The molecule has 7 nitrogen and oxygen atoms in total. The molecule has 0 atom stereocenters. The number of pyridine rings is 1. The Bertz CT molecular complexity index is 1040. The van der Waals surface area contributed by atoms with Crippen LogP contribution in [0.1, 0.15) is 22.7 Å². The summed E-state index contributed by atoms with van der Waals surface area (Å²) in [6.07, 6.45) is 5.38. The Morgan fingerprint density at radius 1 is 1.12 bits per heavy atom. The molecule has 0 aliphatic heterocycles. The summed E-state index contributed by atoms with van der Waals surface area (Å²) in [5.41, 5.74) is 5.89. The van der Waals surface area contributed by atoms with Gasteiger partial charge in [0.15, 0.2) is 11.4 Å². The van der Waals surface area contributed by atoms with E-state index in [9.17, 15) is 0 Å². The van der Waals surface area contributed by atoms with Crippen molar-refractivity contribution in [2.75, 3.05) is 7.05 Å². The molecule has 7 heteroatoms. The first-order chi connectivity index (χ1) is 12.6. The Morgan fingerprint density at radius 2 is 1.92 bits per heavy atom. The van der Waals surface area contributed by atoms with Crippen molar-refractivity contribution in [2.24, 2.45) is 0 Å². The van der Waals surface area contributed by atoms with Gasteiger partial charge in [-0.05, 0) is 39.1 Å². The van der Waals surface area contributed by atoms with Crippen LogP contribution in [0.25, 0.3) is 16.9 Å². The van der Waals surface area contributed by atoms with Gasteiger partial charge in [-0.25, -0.2) is 9.50 Å². The quantitative estimate of drug-likeness (QED) is 0.552. The fourth-order valence-corrected chi connectivity index (χ4v) is 3.09. The number of aromatic nitrogens is 5. The van der Waals surface area contributed by atoms with Gasteiger partial charge in [-0.3, -0.25) is 9.88 Å². The van der Waals surface area contributed by atoms with Crippen molar-refractivity contribution < 1.29 is 4.52 Å². The molecule has 4 rings (SSSR count). The Kier molecular flexibility index (Phi) is 4.22. The smallest absolute Gasteiger partial charge is 0.159 e. The molecule has 0 amide bonds. The van der Waals surface area contributed by atoms with E-state index in [0.717, 1.165) is 46.2 Å². The Labute approximate surface area is 151 Å². The average Bonchev–Trinajstić information content (AvgIpc) is 3.23. The molecule has 0 fully saturated rings. The van der Waals surface area contributed by atoms with Crippen LogP contribution >= 0.6 is 0 Å². The van der Waals surface area contributed by atoms with Crippen LogP contribution in [-0.2, 0) is 13.1 Å². The van der Waals surface area contributed by atoms with Crippen molar-refractivity contribution in [1.29, 1.82) is 0 Å². The van der Waals surface area contributed by atoms with Crippen LogP contribution in [0.4, 0.5) is 0 Å². The maximum absolute atomic E-state index is 5.49. The zero-order chi connectivity index (χ0) is 18.1. The molecule has 0 unspecified atom stereocenters. The largest absolute Gasteiger partial charge is 0.359 e. The first-order valence-corrected chi connectivity index (χ1v) is 8.45. The van der Waals surface area contributed by atoms with Crippen LogP contribution in [0.2, 0.25) is 0 Å². The van der Waals surface area contributed by atoms with E-state index in [2.05, 4.69) is 25.1 Å². The lowest BCUT2D eigenvalue weighted by Gasteiger charge is -2.13. The molecule has 0 aromatic carbocycles. The molecular weight excluding hydrogens is 328 g/mol. The van der Waals surface area contributed by atoms with E-state index in [-0.39, 0.29) is 0 Å². The van der Waals surface area contributed by atoms with Crippen LogP contribution in [-0.4, -0.2) is 36.7 Å². The zero-order valence-corrected chi connectivity index (χ0v) is 15.0. The SMILES string of the molecule is Cc1cc(C)n2ncc(CN(C)Cc3cc(-c4ccncc4)no3)c2n1. The molecule has 0 bridgehead atoms. The van der Waals surface area contributed by atoms with Crippen molar-refractivity contribution in [2.45, 2.75) is 26.9 Å². The second kappa shape index (κ2) is 6.68. The van der Waals surface area contributed by atoms with Crippen LogP contribution in [0.15, 0.2) is 47.4 Å². The van der Waals surface area contributed by atoms with Gasteiger partial charge in [0.25, 0.3) is 0 Å². The van der Waals surface area contributed by atoms with Crippen LogP contribution < -0.4 is 0 Å². The lowest BCUT2D eigenvalue weighted by atomic mass is 10.2. The van der Waals surface area contributed by atoms with Crippen molar-refractivity contribution in [3.05, 3.63) is 65.6 Å². The van der Waals surface area contributed by atoms with E-state index in [1.165, 1.54) is 0 Å². The molecule has 4 heterocycles. The van der Waals surface area contributed by atoms with Gasteiger partial charge in [-0.2, -0.15) is 5.10 Å². The van der Waals surface area contributed by atoms with E-state index in [4.69, 9.17) is 4.52 Å². The predicted molar refractivity (Wildman–Crippen MR) is 97.4 cm³/mol. The summed E-state index contributed by atoms with van der Waals surface area (Å²) >= 11 is 0. The van der Waals surface area contributed by atoms with Gasteiger partial charge in [0.1, 0.15) is 5.69 Å². The van der Waals surface area contributed by atoms with E-state index < -0.39 is 0 Å². The minimum absolute atomic E-state index is 0.653. The summed E-state index contributed by atoms with van der Waals surface area (Å²) in [7, 11) is 2.04. The Balaban J connectivity index is 1.50. The Hall–Kier alpha value is -3.06. The van der Waals surface area contributed by atoms with Crippen LogP contribution in [0, 0.1) is 13.8 Å². The molecule has 0 radical (unpaired) electrons. The molecule has 0 saturated carbocycles. The standard InChI is InChI=1S/C19H20N6O/c1-13-8-14(2)25-19(22-13)16(10-21-25)11-24(3)12-17-9-18(23-26-17)15-4-6-20-7-5-15/h4-10H,11-12H2,1-3H3. The van der Waals surface area contributed by atoms with Gasteiger partial charge >= 0.3 is 0 Å². The van der Waals surface area contributed by atoms with Gasteiger partial charge in [-0.15, -0.1) is 0 Å². The van der Waals surface area contributed by atoms with E-state index in [1.807, 2.05) is 55.9 Å². The molecule has 0 aliphatic rings. The molecule has 4 aromatic heterocycles. The third kappa shape index (κ3) is 3.21. The number of hydrogen-bond donors (Lipinski definition) is 0. The van der Waals surface area contributed by atoms with Crippen molar-refractivity contribution in [1.82, 2.24) is 29.6 Å². The molecule has 26 heavy (non-hydrogen) atoms. The number of rotatable bonds is 5. The third-order valence-electron chi connectivity index (χ3n) is 4.25. The number of fused-ring (bicyclic) bond motifs is 1. The first-order valence-electron chi connectivity index (χ1n) is 8.45. The number of nitrogens with zero attached hydrogens (tertiary/aromatic N) is 6. The van der Waals surface area contributed by atoms with Crippen molar-refractivity contribution in [3.63, 3.8) is 0 Å². The van der Waals surface area contributed by atoms with Gasteiger partial charge in [0, 0.05) is 47.5 Å². The average molecular weight is 348 g/mol. The first kappa shape index (κ1) is 16.4. The summed E-state index contributed by atoms with van der Waals surface area (Å²) in [5.74, 6) is 0.816. The van der Waals surface area contributed by atoms with Gasteiger partial charge in [-0.1, -0.05) is 5.16 Å². The molecule has 0 spiro atoms. The second-order valence-corrected chi connectivity index (χ2v) is 6.53. The zero-order valence-electron chi connectivity index (χ0n) is 15.0. The van der Waals surface area contributed by atoms with Crippen molar-refractivity contribution >= 4 is 5.65 Å². The molecule has 0 aliphatic carbocycles. The molecule has 0 saturated heterocycles. The molecule has 0 N–H and O–H groups in total. The minimum atomic E-state index is 0.653. The number of hydrogen-bond acceptors (Lipinski definition) is 6. The highest BCUT2D eigenvalue weighted by atomic mass is 16.5. The fourth-order valence-electron chi connectivity index (χ4n) is 3.09. The van der Waals surface area contributed by atoms with Gasteiger partial charge in [0.05, 0.1) is 12.7 Å². The molecule has 132 valence electrons. The highest BCUT2D eigenvalue weighted by Crippen LogP contribution is 2.20. The monoisotopic (exact) mass is 348 g/mol. The maximum atomic E-state index is 5.49. The van der Waals surface area contributed by atoms with Crippen molar-refractivity contribution in [3.8, 4) is 11.3 Å². The molecular formula is C19H20N6O. The second-order valence-electron chi connectivity index (χ2n) is 6.53. The summed E-state index contributed by atoms with van der Waals surface area (Å²) in [6.45, 7) is 5.42. The summed E-state index contributed by atoms with van der Waals surface area (Å²) < 4.78 is 7.37. The summed E-state index contributed by atoms with van der Waals surface area (Å²) in [4.78, 5) is 10.8. The topological polar surface area (TPSA) is 72.3 Å². The van der Waals surface area contributed by atoms with Crippen LogP contribution in [0.5, 0.6) is 0 Å². The predicted octanol–water partition coefficient (Wildman–Crippen LogP) is 3.03. The Morgan fingerprint density at radius 3 is 2.73 bits per heavy atom. The normalized spacial score (nSPS) is 11.5.